The lowest BCUT2D eigenvalue weighted by atomic mass is 10.0. The minimum absolute atomic E-state index is 0.0104. The van der Waals surface area contributed by atoms with Crippen molar-refractivity contribution in [3.63, 3.8) is 0 Å². The number of amides is 1. The summed E-state index contributed by atoms with van der Waals surface area (Å²) in [5, 5.41) is 3.14. The minimum Gasteiger partial charge on any atom is -0.397 e. The number of nitrogen functional groups attached to an aromatic ring is 1. The summed E-state index contributed by atoms with van der Waals surface area (Å²) in [7, 11) is 0. The Labute approximate surface area is 166 Å². The lowest BCUT2D eigenvalue weighted by Crippen LogP contribution is -2.43. The van der Waals surface area contributed by atoms with Crippen molar-refractivity contribution in [3.05, 3.63) is 58.9 Å². The van der Waals surface area contributed by atoms with Gasteiger partial charge >= 0.3 is 6.18 Å². The Kier molecular flexibility index (Phi) is 6.00. The van der Waals surface area contributed by atoms with E-state index in [9.17, 15) is 22.4 Å². The molecule has 2 aromatic carbocycles. The van der Waals surface area contributed by atoms with E-state index in [1.165, 1.54) is 12.1 Å². The molecule has 1 aliphatic heterocycles. The number of hydrogen-bond donors (Lipinski definition) is 2. The predicted molar refractivity (Wildman–Crippen MR) is 104 cm³/mol. The highest BCUT2D eigenvalue weighted by Crippen LogP contribution is 2.30. The average molecular weight is 409 g/mol. The number of carbonyl (C=O) groups excluding carboxylic acids is 1. The highest BCUT2D eigenvalue weighted by atomic mass is 19.4. The van der Waals surface area contributed by atoms with Crippen LogP contribution in [0.2, 0.25) is 0 Å². The van der Waals surface area contributed by atoms with Crippen LogP contribution in [0.15, 0.2) is 36.4 Å². The van der Waals surface area contributed by atoms with Gasteiger partial charge in [-0.1, -0.05) is 18.2 Å². The molecule has 1 fully saturated rings. The summed E-state index contributed by atoms with van der Waals surface area (Å²) >= 11 is 0. The predicted octanol–water partition coefficient (Wildman–Crippen LogP) is 4.38. The molecule has 0 saturated carbocycles. The maximum Gasteiger partial charge on any atom is 0.416 e. The first-order valence-electron chi connectivity index (χ1n) is 9.40. The maximum absolute atomic E-state index is 14.3. The molecule has 1 aliphatic rings. The smallest absolute Gasteiger partial charge is 0.397 e. The van der Waals surface area contributed by atoms with E-state index in [2.05, 4.69) is 5.32 Å². The van der Waals surface area contributed by atoms with Crippen LogP contribution in [-0.2, 0) is 17.4 Å². The number of alkyl halides is 3. The Morgan fingerprint density at radius 2 is 1.76 bits per heavy atom. The first-order valence-corrected chi connectivity index (χ1v) is 9.40. The molecule has 0 bridgehead atoms. The second kappa shape index (κ2) is 8.31. The van der Waals surface area contributed by atoms with Gasteiger partial charge in [-0.15, -0.1) is 0 Å². The first kappa shape index (κ1) is 21.0. The Morgan fingerprint density at radius 1 is 1.14 bits per heavy atom. The van der Waals surface area contributed by atoms with Crippen molar-refractivity contribution in [3.8, 4) is 0 Å². The van der Waals surface area contributed by atoms with Crippen LogP contribution in [-0.4, -0.2) is 29.9 Å². The molecule has 0 atom stereocenters. The number of anilines is 2. The summed E-state index contributed by atoms with van der Waals surface area (Å²) in [6.45, 7) is 2.65. The maximum atomic E-state index is 14.3. The summed E-state index contributed by atoms with van der Waals surface area (Å²) in [5.74, 6) is -0.504. The fourth-order valence-electron chi connectivity index (χ4n) is 3.42. The molecule has 1 heterocycles. The Balaban J connectivity index is 1.54. The monoisotopic (exact) mass is 409 g/mol. The first-order chi connectivity index (χ1) is 13.6. The van der Waals surface area contributed by atoms with Crippen LogP contribution in [0, 0.1) is 12.7 Å². The molecule has 0 aliphatic carbocycles. The number of nitrogens with two attached hydrogens (primary N) is 1. The molecule has 8 heteroatoms. The molecule has 1 saturated heterocycles. The number of benzene rings is 2. The summed E-state index contributed by atoms with van der Waals surface area (Å²) in [6.07, 6.45) is -3.08. The largest absolute Gasteiger partial charge is 0.416 e. The number of carbonyl (C=O) groups is 1. The van der Waals surface area contributed by atoms with Gasteiger partial charge in [-0.2, -0.15) is 13.2 Å². The van der Waals surface area contributed by atoms with Gasteiger partial charge in [0.15, 0.2) is 5.82 Å². The Morgan fingerprint density at radius 3 is 2.34 bits per heavy atom. The van der Waals surface area contributed by atoms with Crippen molar-refractivity contribution < 1.29 is 22.4 Å². The molecule has 4 nitrogen and oxygen atoms in total. The lowest BCUT2D eigenvalue weighted by molar-refractivity contribution is -0.137. The van der Waals surface area contributed by atoms with Crippen LogP contribution in [0.3, 0.4) is 0 Å². The number of piperidine rings is 1. The van der Waals surface area contributed by atoms with E-state index in [1.807, 2.05) is 0 Å². The van der Waals surface area contributed by atoms with Crippen molar-refractivity contribution in [2.45, 2.75) is 38.4 Å². The van der Waals surface area contributed by atoms with Crippen molar-refractivity contribution in [2.75, 3.05) is 24.1 Å². The zero-order chi connectivity index (χ0) is 21.2. The third-order valence-corrected chi connectivity index (χ3v) is 5.20. The van der Waals surface area contributed by atoms with Crippen LogP contribution in [0.25, 0.3) is 0 Å². The fraction of sp³-hybridized carbons (Fsp3) is 0.381. The molecule has 0 radical (unpaired) electrons. The van der Waals surface area contributed by atoms with Crippen molar-refractivity contribution in [2.24, 2.45) is 0 Å². The van der Waals surface area contributed by atoms with Gasteiger partial charge < -0.3 is 16.0 Å². The molecule has 2 aromatic rings. The molecular weight excluding hydrogens is 386 g/mol. The average Bonchev–Trinajstić information content (AvgIpc) is 2.68. The van der Waals surface area contributed by atoms with E-state index in [4.69, 9.17) is 5.73 Å². The Bertz CT molecular complexity index is 873. The lowest BCUT2D eigenvalue weighted by Gasteiger charge is -2.33. The number of rotatable bonds is 4. The van der Waals surface area contributed by atoms with Crippen molar-refractivity contribution >= 4 is 17.3 Å². The van der Waals surface area contributed by atoms with Crippen LogP contribution in [0.5, 0.6) is 0 Å². The third kappa shape index (κ3) is 4.99. The van der Waals surface area contributed by atoms with Crippen LogP contribution in [0.1, 0.15) is 29.5 Å². The van der Waals surface area contributed by atoms with Crippen LogP contribution >= 0.6 is 0 Å². The second-order valence-electron chi connectivity index (χ2n) is 7.33. The normalized spacial score (nSPS) is 15.4. The van der Waals surface area contributed by atoms with E-state index in [1.54, 1.807) is 24.0 Å². The van der Waals surface area contributed by atoms with Crippen molar-refractivity contribution in [1.29, 1.82) is 0 Å². The summed E-state index contributed by atoms with van der Waals surface area (Å²) in [5.41, 5.74) is 6.81. The number of hydrogen-bond acceptors (Lipinski definition) is 3. The van der Waals surface area contributed by atoms with Gasteiger partial charge in [0.1, 0.15) is 0 Å². The van der Waals surface area contributed by atoms with E-state index < -0.39 is 11.7 Å². The molecule has 0 spiro atoms. The third-order valence-electron chi connectivity index (χ3n) is 5.20. The molecule has 156 valence electrons. The van der Waals surface area contributed by atoms with Gasteiger partial charge in [-0.25, -0.2) is 4.39 Å². The zero-order valence-corrected chi connectivity index (χ0v) is 16.0. The van der Waals surface area contributed by atoms with Gasteiger partial charge in [0.05, 0.1) is 23.4 Å². The van der Waals surface area contributed by atoms with Crippen LogP contribution in [0.4, 0.5) is 28.9 Å². The van der Waals surface area contributed by atoms with Gasteiger partial charge in [0.2, 0.25) is 5.91 Å². The summed E-state index contributed by atoms with van der Waals surface area (Å²) in [4.78, 5) is 14.2. The van der Waals surface area contributed by atoms with Gasteiger partial charge in [0, 0.05) is 19.1 Å². The highest BCUT2D eigenvalue weighted by molar-refractivity contribution is 5.79. The zero-order valence-electron chi connectivity index (χ0n) is 16.0. The number of likely N-dealkylation sites (tertiary alicyclic amines) is 1. The summed E-state index contributed by atoms with van der Waals surface area (Å²) in [6, 6.07) is 7.90. The number of nitrogens with one attached hydrogen (secondary N) is 1. The van der Waals surface area contributed by atoms with Gasteiger partial charge in [0.25, 0.3) is 0 Å². The summed E-state index contributed by atoms with van der Waals surface area (Å²) < 4.78 is 52.2. The molecule has 29 heavy (non-hydrogen) atoms. The minimum atomic E-state index is -4.39. The Hall–Kier alpha value is -2.77. The van der Waals surface area contributed by atoms with Crippen LogP contribution < -0.4 is 11.1 Å². The second-order valence-corrected chi connectivity index (χ2v) is 7.33. The van der Waals surface area contributed by atoms with E-state index in [0.29, 0.717) is 48.4 Å². The van der Waals surface area contributed by atoms with E-state index in [-0.39, 0.29) is 24.2 Å². The number of nitrogens with zero attached hydrogens (tertiary/aromatic N) is 1. The molecule has 0 unspecified atom stereocenters. The molecule has 1 amide bonds. The van der Waals surface area contributed by atoms with Gasteiger partial charge in [-0.05, 0) is 49.1 Å². The standard InChI is InChI=1S/C21H23F4N3O/c1-13-2-7-17(26)20(19(13)22)27-16-8-10-28(11-9-16)18(29)12-14-3-5-15(6-4-14)21(23,24)25/h2-7,16,27H,8-12,26H2,1H3. The van der Waals surface area contributed by atoms with E-state index >= 15 is 0 Å². The SMILES string of the molecule is Cc1ccc(N)c(NC2CCN(C(=O)Cc3ccc(C(F)(F)F)cc3)CC2)c1F. The molecule has 0 aromatic heterocycles. The molecular formula is C21H23F4N3O. The molecule has 3 N–H and O–H groups in total. The van der Waals surface area contributed by atoms with Gasteiger partial charge in [-0.3, -0.25) is 4.79 Å². The van der Waals surface area contributed by atoms with E-state index in [0.717, 1.165) is 12.1 Å². The fourth-order valence-corrected chi connectivity index (χ4v) is 3.42. The topological polar surface area (TPSA) is 58.4 Å². The number of halogens is 4. The number of aryl methyl sites for hydroxylation is 1. The highest BCUT2D eigenvalue weighted by Gasteiger charge is 2.30. The molecule has 3 rings (SSSR count). The van der Waals surface area contributed by atoms with Crippen molar-refractivity contribution in [1.82, 2.24) is 4.90 Å². The quantitative estimate of drug-likeness (QED) is 0.582.